The Morgan fingerprint density at radius 1 is 1.33 bits per heavy atom. The van der Waals surface area contributed by atoms with Gasteiger partial charge in [0.05, 0.1) is 11.4 Å². The normalized spacial score (nSPS) is 10.8. The van der Waals surface area contributed by atoms with Crippen LogP contribution in [0.5, 0.6) is 0 Å². The highest BCUT2D eigenvalue weighted by molar-refractivity contribution is 9.11. The van der Waals surface area contributed by atoms with Crippen LogP contribution in [0.2, 0.25) is 0 Å². The molecule has 7 heteroatoms. The molecule has 1 aromatic carbocycles. The van der Waals surface area contributed by atoms with Gasteiger partial charge in [-0.3, -0.25) is 4.79 Å². The highest BCUT2D eigenvalue weighted by atomic mass is 79.9. The van der Waals surface area contributed by atoms with E-state index in [0.717, 1.165) is 8.95 Å². The van der Waals surface area contributed by atoms with Gasteiger partial charge in [-0.1, -0.05) is 15.9 Å². The Morgan fingerprint density at radius 3 is 2.90 bits per heavy atom. The first-order valence-corrected chi connectivity index (χ1v) is 7.71. The quantitative estimate of drug-likeness (QED) is 0.699. The number of nitrogens with zero attached hydrogens (tertiary/aromatic N) is 3. The van der Waals surface area contributed by atoms with Crippen molar-refractivity contribution < 1.29 is 4.79 Å². The van der Waals surface area contributed by atoms with Crippen LogP contribution in [0.4, 0.5) is 5.69 Å². The van der Waals surface area contributed by atoms with Gasteiger partial charge in [-0.2, -0.15) is 5.10 Å². The third-order valence-electron chi connectivity index (χ3n) is 2.98. The van der Waals surface area contributed by atoms with Gasteiger partial charge in [0.15, 0.2) is 5.65 Å². The molecule has 0 bridgehead atoms. The predicted octanol–water partition coefficient (Wildman–Crippen LogP) is 3.82. The van der Waals surface area contributed by atoms with Crippen LogP contribution < -0.4 is 5.32 Å². The van der Waals surface area contributed by atoms with Crippen molar-refractivity contribution >= 4 is 49.1 Å². The van der Waals surface area contributed by atoms with Gasteiger partial charge in [-0.15, -0.1) is 0 Å². The summed E-state index contributed by atoms with van der Waals surface area (Å²) in [5.41, 5.74) is 2.35. The minimum absolute atomic E-state index is 0.232. The summed E-state index contributed by atoms with van der Waals surface area (Å²) < 4.78 is 3.33. The number of aromatic nitrogens is 3. The predicted molar refractivity (Wildman–Crippen MR) is 87.5 cm³/mol. The topological polar surface area (TPSA) is 59.3 Å². The summed E-state index contributed by atoms with van der Waals surface area (Å²) in [5, 5.41) is 7.16. The number of carbonyl (C=O) groups is 1. The van der Waals surface area contributed by atoms with Crippen molar-refractivity contribution in [3.8, 4) is 0 Å². The fourth-order valence-electron chi connectivity index (χ4n) is 2.04. The molecule has 0 radical (unpaired) electrons. The Bertz CT molecular complexity index is 844. The van der Waals surface area contributed by atoms with E-state index in [1.807, 2.05) is 18.2 Å². The molecule has 2 heterocycles. The number of carbonyl (C=O) groups excluding carboxylic acids is 1. The van der Waals surface area contributed by atoms with Crippen LogP contribution in [-0.4, -0.2) is 20.5 Å². The fraction of sp³-hybridized carbons (Fsp3) is 0.0714. The molecule has 21 heavy (non-hydrogen) atoms. The molecular weight excluding hydrogens is 400 g/mol. The number of amides is 1. The monoisotopic (exact) mass is 408 g/mol. The lowest BCUT2D eigenvalue weighted by Gasteiger charge is -2.07. The van der Waals surface area contributed by atoms with Gasteiger partial charge in [-0.05, 0) is 47.1 Å². The lowest BCUT2D eigenvalue weighted by molar-refractivity contribution is 0.102. The molecule has 0 aliphatic carbocycles. The van der Waals surface area contributed by atoms with Gasteiger partial charge >= 0.3 is 0 Å². The first-order valence-electron chi connectivity index (χ1n) is 6.12. The maximum Gasteiger partial charge on any atom is 0.261 e. The summed E-state index contributed by atoms with van der Waals surface area (Å²) in [4.78, 5) is 16.7. The number of rotatable bonds is 2. The summed E-state index contributed by atoms with van der Waals surface area (Å²) >= 11 is 6.81. The van der Waals surface area contributed by atoms with Gasteiger partial charge in [0.1, 0.15) is 5.56 Å². The van der Waals surface area contributed by atoms with Crippen molar-refractivity contribution in [2.45, 2.75) is 6.92 Å². The molecule has 0 aliphatic heterocycles. The molecule has 2 aromatic heterocycles. The lowest BCUT2D eigenvalue weighted by atomic mass is 10.2. The smallest absolute Gasteiger partial charge is 0.261 e. The van der Waals surface area contributed by atoms with E-state index >= 15 is 0 Å². The minimum Gasteiger partial charge on any atom is -0.321 e. The van der Waals surface area contributed by atoms with Gasteiger partial charge in [0.2, 0.25) is 0 Å². The maximum atomic E-state index is 12.5. The zero-order valence-corrected chi connectivity index (χ0v) is 14.1. The van der Waals surface area contributed by atoms with Gasteiger partial charge in [0, 0.05) is 21.3 Å². The number of aryl methyl sites for hydroxylation is 1. The Hall–Kier alpha value is -1.73. The maximum absolute atomic E-state index is 12.5. The highest BCUT2D eigenvalue weighted by Gasteiger charge is 2.18. The lowest BCUT2D eigenvalue weighted by Crippen LogP contribution is -2.13. The van der Waals surface area contributed by atoms with E-state index in [0.29, 0.717) is 22.6 Å². The van der Waals surface area contributed by atoms with E-state index in [1.165, 1.54) is 0 Å². The number of halogens is 2. The molecule has 3 aromatic rings. The Morgan fingerprint density at radius 2 is 2.14 bits per heavy atom. The van der Waals surface area contributed by atoms with Crippen molar-refractivity contribution in [3.63, 3.8) is 0 Å². The number of hydrogen-bond donors (Lipinski definition) is 1. The highest BCUT2D eigenvalue weighted by Crippen LogP contribution is 2.27. The van der Waals surface area contributed by atoms with Crippen molar-refractivity contribution in [1.82, 2.24) is 14.6 Å². The number of nitrogens with one attached hydrogen (secondary N) is 1. The van der Waals surface area contributed by atoms with Crippen molar-refractivity contribution in [2.24, 2.45) is 0 Å². The van der Waals surface area contributed by atoms with E-state index in [9.17, 15) is 4.79 Å². The van der Waals surface area contributed by atoms with E-state index in [1.54, 1.807) is 29.9 Å². The molecule has 3 rings (SSSR count). The third kappa shape index (κ3) is 2.71. The molecule has 106 valence electrons. The van der Waals surface area contributed by atoms with E-state index in [2.05, 4.69) is 47.3 Å². The molecule has 1 N–H and O–H groups in total. The van der Waals surface area contributed by atoms with E-state index in [-0.39, 0.29) is 5.91 Å². The second kappa shape index (κ2) is 5.57. The average Bonchev–Trinajstić information content (AvgIpc) is 2.77. The molecule has 5 nitrogen and oxygen atoms in total. The van der Waals surface area contributed by atoms with Crippen LogP contribution in [0.25, 0.3) is 5.65 Å². The van der Waals surface area contributed by atoms with Gasteiger partial charge in [0.25, 0.3) is 5.91 Å². The zero-order valence-electron chi connectivity index (χ0n) is 11.0. The van der Waals surface area contributed by atoms with E-state index in [4.69, 9.17) is 0 Å². The van der Waals surface area contributed by atoms with Gasteiger partial charge < -0.3 is 5.32 Å². The molecule has 0 unspecified atom stereocenters. The van der Waals surface area contributed by atoms with Crippen LogP contribution in [0.1, 0.15) is 16.1 Å². The van der Waals surface area contributed by atoms with Crippen molar-refractivity contribution in [1.29, 1.82) is 0 Å². The molecule has 0 saturated carbocycles. The molecule has 0 fully saturated rings. The summed E-state index contributed by atoms with van der Waals surface area (Å²) in [7, 11) is 0. The largest absolute Gasteiger partial charge is 0.321 e. The molecule has 0 saturated heterocycles. The summed E-state index contributed by atoms with van der Waals surface area (Å²) in [5.74, 6) is -0.232. The van der Waals surface area contributed by atoms with Crippen LogP contribution >= 0.6 is 31.9 Å². The number of fused-ring (bicyclic) bond motifs is 1. The number of hydrogen-bond acceptors (Lipinski definition) is 3. The summed E-state index contributed by atoms with van der Waals surface area (Å²) in [6.07, 6.45) is 3.41. The van der Waals surface area contributed by atoms with Gasteiger partial charge in [-0.25, -0.2) is 9.50 Å². The molecule has 0 spiro atoms. The van der Waals surface area contributed by atoms with Crippen LogP contribution in [0, 0.1) is 6.92 Å². The summed E-state index contributed by atoms with van der Waals surface area (Å²) in [6.45, 7) is 1.79. The third-order valence-corrected chi connectivity index (χ3v) is 4.13. The number of benzene rings is 1. The van der Waals surface area contributed by atoms with Crippen LogP contribution in [0.3, 0.4) is 0 Å². The van der Waals surface area contributed by atoms with Crippen LogP contribution in [0.15, 0.2) is 45.6 Å². The molecule has 0 atom stereocenters. The molecular formula is C14H10Br2N4O. The second-order valence-corrected chi connectivity index (χ2v) is 6.20. The molecule has 1 amide bonds. The first-order chi connectivity index (χ1) is 10.1. The van der Waals surface area contributed by atoms with E-state index < -0.39 is 0 Å². The van der Waals surface area contributed by atoms with Crippen molar-refractivity contribution in [2.75, 3.05) is 5.32 Å². The molecule has 0 aliphatic rings. The fourth-order valence-corrected chi connectivity index (χ4v) is 3.18. The Labute approximate surface area is 137 Å². The SMILES string of the molecule is Cc1nn2cccnc2c1C(=O)Nc1ccc(Br)cc1Br. The van der Waals surface area contributed by atoms with Crippen molar-refractivity contribution in [3.05, 3.63) is 56.9 Å². The zero-order chi connectivity index (χ0) is 15.0. The standard InChI is InChI=1S/C14H10Br2N4O/c1-8-12(13-17-5-2-6-20(13)19-8)14(21)18-11-4-3-9(15)7-10(11)16/h2-7H,1H3,(H,18,21). The Balaban J connectivity index is 1.99. The first kappa shape index (κ1) is 14.2. The number of anilines is 1. The Kier molecular flexibility index (Phi) is 3.77. The van der Waals surface area contributed by atoms with Crippen LogP contribution in [-0.2, 0) is 0 Å². The second-order valence-electron chi connectivity index (χ2n) is 4.43. The summed E-state index contributed by atoms with van der Waals surface area (Å²) in [6, 6.07) is 7.32. The minimum atomic E-state index is -0.232. The average molecular weight is 410 g/mol.